The highest BCUT2D eigenvalue weighted by Crippen LogP contribution is 2.21. The summed E-state index contributed by atoms with van der Waals surface area (Å²) in [4.78, 5) is 14.4. The molecule has 106 valence electrons. The van der Waals surface area contributed by atoms with E-state index < -0.39 is 0 Å². The number of anilines is 1. The lowest BCUT2D eigenvalue weighted by Gasteiger charge is -2.32. The third-order valence-electron chi connectivity index (χ3n) is 3.85. The molecule has 1 aromatic carbocycles. The third-order valence-corrected chi connectivity index (χ3v) is 4.39. The van der Waals surface area contributed by atoms with Gasteiger partial charge in [-0.2, -0.15) is 8.75 Å². The number of likely N-dealkylation sites (tertiary alicyclic amines) is 1. The first kappa shape index (κ1) is 13.5. The number of fused-ring (bicyclic) bond motifs is 1. The van der Waals surface area contributed by atoms with Gasteiger partial charge >= 0.3 is 0 Å². The molecule has 1 atom stereocenters. The van der Waals surface area contributed by atoms with Crippen molar-refractivity contribution in [3.63, 3.8) is 0 Å². The summed E-state index contributed by atoms with van der Waals surface area (Å²) in [7, 11) is 0. The molecule has 0 radical (unpaired) electrons. The first-order valence-corrected chi connectivity index (χ1v) is 7.72. The van der Waals surface area contributed by atoms with E-state index in [0.29, 0.717) is 12.6 Å². The molecule has 1 fully saturated rings. The number of rotatable bonds is 3. The van der Waals surface area contributed by atoms with Crippen LogP contribution in [0.1, 0.15) is 26.2 Å². The number of amides is 1. The molecule has 1 aromatic heterocycles. The Kier molecular flexibility index (Phi) is 3.93. The molecule has 0 bridgehead atoms. The Bertz CT molecular complexity index is 612. The Balaban J connectivity index is 1.68. The van der Waals surface area contributed by atoms with Gasteiger partial charge in [-0.15, -0.1) is 0 Å². The molecule has 0 spiro atoms. The number of hydrogen-bond acceptors (Lipinski definition) is 5. The van der Waals surface area contributed by atoms with Crippen LogP contribution in [0.5, 0.6) is 0 Å². The second-order valence-corrected chi connectivity index (χ2v) is 5.83. The summed E-state index contributed by atoms with van der Waals surface area (Å²) in [6, 6.07) is 6.16. The SMILES string of the molecule is CC1CCCCN1CC(=O)Nc1cccc2nsnc12. The zero-order chi connectivity index (χ0) is 13.9. The van der Waals surface area contributed by atoms with Gasteiger partial charge in [-0.25, -0.2) is 0 Å². The number of hydrogen-bond donors (Lipinski definition) is 1. The average molecular weight is 290 g/mol. The fraction of sp³-hybridized carbons (Fsp3) is 0.500. The monoisotopic (exact) mass is 290 g/mol. The Hall–Kier alpha value is -1.53. The van der Waals surface area contributed by atoms with Crippen LogP contribution in [0.3, 0.4) is 0 Å². The first-order chi connectivity index (χ1) is 9.74. The number of carbonyl (C=O) groups is 1. The van der Waals surface area contributed by atoms with Crippen molar-refractivity contribution in [3.05, 3.63) is 18.2 Å². The molecule has 2 heterocycles. The molecular weight excluding hydrogens is 272 g/mol. The highest BCUT2D eigenvalue weighted by Gasteiger charge is 2.20. The maximum atomic E-state index is 12.2. The maximum absolute atomic E-state index is 12.2. The number of aromatic nitrogens is 2. The second-order valence-electron chi connectivity index (χ2n) is 5.30. The molecule has 0 saturated carbocycles. The van der Waals surface area contributed by atoms with E-state index in [4.69, 9.17) is 0 Å². The molecule has 0 aliphatic carbocycles. The Morgan fingerprint density at radius 2 is 2.35 bits per heavy atom. The van der Waals surface area contributed by atoms with Gasteiger partial charge in [0, 0.05) is 6.04 Å². The molecule has 1 aliphatic heterocycles. The molecule has 1 aliphatic rings. The van der Waals surface area contributed by atoms with Crippen molar-refractivity contribution in [3.8, 4) is 0 Å². The number of nitrogens with zero attached hydrogens (tertiary/aromatic N) is 3. The maximum Gasteiger partial charge on any atom is 0.238 e. The minimum atomic E-state index is 0.0271. The zero-order valence-electron chi connectivity index (χ0n) is 11.5. The van der Waals surface area contributed by atoms with Crippen LogP contribution in [0.15, 0.2) is 18.2 Å². The Morgan fingerprint density at radius 1 is 1.45 bits per heavy atom. The average Bonchev–Trinajstić information content (AvgIpc) is 2.91. The van der Waals surface area contributed by atoms with Gasteiger partial charge in [0.25, 0.3) is 0 Å². The molecule has 5 nitrogen and oxygen atoms in total. The van der Waals surface area contributed by atoms with Gasteiger partial charge < -0.3 is 5.32 Å². The van der Waals surface area contributed by atoms with Gasteiger partial charge in [0.1, 0.15) is 11.0 Å². The van der Waals surface area contributed by atoms with Gasteiger partial charge in [-0.3, -0.25) is 9.69 Å². The van der Waals surface area contributed by atoms with Crippen molar-refractivity contribution in [2.24, 2.45) is 0 Å². The van der Waals surface area contributed by atoms with Crippen LogP contribution in [0.25, 0.3) is 11.0 Å². The smallest absolute Gasteiger partial charge is 0.238 e. The normalized spacial score (nSPS) is 20.1. The van der Waals surface area contributed by atoms with Gasteiger partial charge in [0.2, 0.25) is 5.91 Å². The quantitative estimate of drug-likeness (QED) is 0.943. The van der Waals surface area contributed by atoms with E-state index in [9.17, 15) is 4.79 Å². The lowest BCUT2D eigenvalue weighted by atomic mass is 10.0. The fourth-order valence-electron chi connectivity index (χ4n) is 2.67. The van der Waals surface area contributed by atoms with E-state index in [-0.39, 0.29) is 5.91 Å². The molecule has 3 rings (SSSR count). The van der Waals surface area contributed by atoms with Gasteiger partial charge in [0.05, 0.1) is 24.0 Å². The summed E-state index contributed by atoms with van der Waals surface area (Å²) in [6.45, 7) is 3.66. The van der Waals surface area contributed by atoms with Crippen LogP contribution in [-0.2, 0) is 4.79 Å². The minimum Gasteiger partial charge on any atom is -0.323 e. The van der Waals surface area contributed by atoms with Gasteiger partial charge in [-0.05, 0) is 38.4 Å². The fourth-order valence-corrected chi connectivity index (χ4v) is 3.22. The van der Waals surface area contributed by atoms with Crippen molar-refractivity contribution in [2.75, 3.05) is 18.4 Å². The summed E-state index contributed by atoms with van der Waals surface area (Å²) in [6.07, 6.45) is 3.63. The molecule has 2 aromatic rings. The van der Waals surface area contributed by atoms with E-state index in [1.54, 1.807) is 0 Å². The number of carbonyl (C=O) groups excluding carboxylic acids is 1. The number of piperidine rings is 1. The molecule has 1 amide bonds. The molecule has 6 heteroatoms. The molecule has 1 N–H and O–H groups in total. The molecule has 1 saturated heterocycles. The lowest BCUT2D eigenvalue weighted by molar-refractivity contribution is -0.118. The topological polar surface area (TPSA) is 58.1 Å². The Morgan fingerprint density at radius 3 is 3.20 bits per heavy atom. The van der Waals surface area contributed by atoms with Crippen LogP contribution >= 0.6 is 11.7 Å². The van der Waals surface area contributed by atoms with Crippen molar-refractivity contribution in [2.45, 2.75) is 32.2 Å². The van der Waals surface area contributed by atoms with E-state index in [1.165, 1.54) is 31.0 Å². The standard InChI is InChI=1S/C14H18N4OS/c1-10-5-2-3-8-18(10)9-13(19)15-11-6-4-7-12-14(11)17-20-16-12/h4,6-7,10H,2-3,5,8-9H2,1H3,(H,15,19). The summed E-state index contributed by atoms with van der Waals surface area (Å²) in [5.41, 5.74) is 2.36. The summed E-state index contributed by atoms with van der Waals surface area (Å²) in [5.74, 6) is 0.0271. The van der Waals surface area contributed by atoms with Crippen molar-refractivity contribution in [1.29, 1.82) is 0 Å². The number of benzene rings is 1. The highest BCUT2D eigenvalue weighted by molar-refractivity contribution is 7.00. The minimum absolute atomic E-state index is 0.0271. The molecule has 20 heavy (non-hydrogen) atoms. The van der Waals surface area contributed by atoms with Crippen molar-refractivity contribution in [1.82, 2.24) is 13.6 Å². The first-order valence-electron chi connectivity index (χ1n) is 6.99. The highest BCUT2D eigenvalue weighted by atomic mass is 32.1. The van der Waals surface area contributed by atoms with Crippen LogP contribution in [0, 0.1) is 0 Å². The van der Waals surface area contributed by atoms with E-state index in [2.05, 4.69) is 25.9 Å². The van der Waals surface area contributed by atoms with Crippen molar-refractivity contribution >= 4 is 34.4 Å². The number of nitrogens with one attached hydrogen (secondary N) is 1. The zero-order valence-corrected chi connectivity index (χ0v) is 12.3. The lowest BCUT2D eigenvalue weighted by Crippen LogP contribution is -2.42. The van der Waals surface area contributed by atoms with E-state index in [0.717, 1.165) is 23.3 Å². The summed E-state index contributed by atoms with van der Waals surface area (Å²) >= 11 is 1.17. The van der Waals surface area contributed by atoms with Crippen LogP contribution in [0.2, 0.25) is 0 Å². The van der Waals surface area contributed by atoms with E-state index >= 15 is 0 Å². The van der Waals surface area contributed by atoms with Gasteiger partial charge in [-0.1, -0.05) is 12.5 Å². The van der Waals surface area contributed by atoms with Crippen LogP contribution < -0.4 is 5.32 Å². The predicted octanol–water partition coefficient (Wildman–Crippen LogP) is 2.50. The summed E-state index contributed by atoms with van der Waals surface area (Å²) in [5, 5.41) is 2.96. The van der Waals surface area contributed by atoms with E-state index in [1.807, 2.05) is 18.2 Å². The predicted molar refractivity (Wildman–Crippen MR) is 80.9 cm³/mol. The van der Waals surface area contributed by atoms with Gasteiger partial charge in [0.15, 0.2) is 0 Å². The third kappa shape index (κ3) is 2.81. The van der Waals surface area contributed by atoms with Crippen molar-refractivity contribution < 1.29 is 4.79 Å². The second kappa shape index (κ2) is 5.85. The molecular formula is C14H18N4OS. The Labute approximate surface area is 122 Å². The largest absolute Gasteiger partial charge is 0.323 e. The van der Waals surface area contributed by atoms with Crippen LogP contribution in [0.4, 0.5) is 5.69 Å². The molecule has 1 unspecified atom stereocenters. The summed E-state index contributed by atoms with van der Waals surface area (Å²) < 4.78 is 8.42. The van der Waals surface area contributed by atoms with Crippen LogP contribution in [-0.4, -0.2) is 38.7 Å².